The molecule has 0 unspecified atom stereocenters. The molecule has 1 aliphatic rings. The van der Waals surface area contributed by atoms with Gasteiger partial charge in [-0.25, -0.2) is 0 Å². The van der Waals surface area contributed by atoms with Crippen molar-refractivity contribution < 1.29 is 24.6 Å². The van der Waals surface area contributed by atoms with Crippen LogP contribution in [0.15, 0.2) is 29.2 Å². The van der Waals surface area contributed by atoms with E-state index >= 15 is 0 Å². The molecule has 0 aliphatic carbocycles. The monoisotopic (exact) mass is 310 g/mol. The van der Waals surface area contributed by atoms with Gasteiger partial charge >= 0.3 is 11.9 Å². The molecule has 7 nitrogen and oxygen atoms in total. The van der Waals surface area contributed by atoms with Gasteiger partial charge in [-0.3, -0.25) is 24.6 Å². The topological polar surface area (TPSA) is 107 Å². The van der Waals surface area contributed by atoms with Crippen LogP contribution in [0.5, 0.6) is 0 Å². The van der Waals surface area contributed by atoms with Gasteiger partial charge in [0.25, 0.3) is 0 Å². The summed E-state index contributed by atoms with van der Waals surface area (Å²) in [5.41, 5.74) is 0.537. The second kappa shape index (κ2) is 6.59. The Morgan fingerprint density at radius 3 is 2.67 bits per heavy atom. The van der Waals surface area contributed by atoms with Crippen LogP contribution in [0, 0.1) is 0 Å². The van der Waals surface area contributed by atoms with Crippen LogP contribution < -0.4 is 10.2 Å². The van der Waals surface area contributed by atoms with Crippen molar-refractivity contribution >= 4 is 35.3 Å². The van der Waals surface area contributed by atoms with Crippen LogP contribution in [-0.2, 0) is 14.4 Å². The molecule has 0 spiro atoms. The van der Waals surface area contributed by atoms with Crippen LogP contribution in [0.4, 0.5) is 5.69 Å². The highest BCUT2D eigenvalue weighted by atomic mass is 32.2. The zero-order chi connectivity index (χ0) is 15.4. The van der Waals surface area contributed by atoms with Crippen LogP contribution in [0.3, 0.4) is 0 Å². The molecule has 0 fully saturated rings. The maximum atomic E-state index is 12.5. The van der Waals surface area contributed by atoms with Gasteiger partial charge in [-0.15, -0.1) is 11.8 Å². The first-order valence-electron chi connectivity index (χ1n) is 6.19. The van der Waals surface area contributed by atoms with E-state index in [1.165, 1.54) is 16.7 Å². The number of fused-ring (bicyclic) bond motifs is 1. The summed E-state index contributed by atoms with van der Waals surface area (Å²) < 4.78 is 0. The number of amides is 1. The maximum Gasteiger partial charge on any atom is 0.323 e. The molecule has 1 aromatic carbocycles. The summed E-state index contributed by atoms with van der Waals surface area (Å²) in [5, 5.41) is 20.3. The molecule has 1 atom stereocenters. The first-order valence-corrected chi connectivity index (χ1v) is 7.18. The summed E-state index contributed by atoms with van der Waals surface area (Å²) in [6.07, 6.45) is 0. The fourth-order valence-electron chi connectivity index (χ4n) is 2.01. The van der Waals surface area contributed by atoms with Crippen LogP contribution in [-0.4, -0.2) is 52.9 Å². The lowest BCUT2D eigenvalue weighted by Crippen LogP contribution is -2.50. The standard InChI is InChI=1S/C13H14N2O5S/c16-11(17)5-14-8-7-21-10-4-2-1-3-9(10)15(13(8)20)6-12(18)19/h1-4,8,14H,5-7H2,(H,16,17)(H,18,19)/t8-/m0/s1. The molecule has 112 valence electrons. The molecule has 0 aromatic heterocycles. The third kappa shape index (κ3) is 3.73. The number of thioether (sulfide) groups is 1. The number of para-hydroxylation sites is 1. The smallest absolute Gasteiger partial charge is 0.323 e. The van der Waals surface area contributed by atoms with Crippen molar-refractivity contribution in [3.05, 3.63) is 24.3 Å². The predicted octanol–water partition coefficient (Wildman–Crippen LogP) is 0.253. The van der Waals surface area contributed by atoms with E-state index in [1.54, 1.807) is 18.2 Å². The normalized spacial score (nSPS) is 18.0. The first-order chi connectivity index (χ1) is 9.99. The van der Waals surface area contributed by atoms with Gasteiger partial charge in [-0.1, -0.05) is 12.1 Å². The van der Waals surface area contributed by atoms with E-state index in [-0.39, 0.29) is 6.54 Å². The molecular weight excluding hydrogens is 296 g/mol. The van der Waals surface area contributed by atoms with Crippen molar-refractivity contribution in [1.82, 2.24) is 5.32 Å². The Morgan fingerprint density at radius 2 is 2.00 bits per heavy atom. The van der Waals surface area contributed by atoms with Crippen molar-refractivity contribution in [1.29, 1.82) is 0 Å². The highest BCUT2D eigenvalue weighted by molar-refractivity contribution is 7.99. The Kier molecular flexibility index (Phi) is 4.81. The second-order valence-electron chi connectivity index (χ2n) is 4.42. The second-order valence-corrected chi connectivity index (χ2v) is 5.49. The first kappa shape index (κ1) is 15.3. The zero-order valence-corrected chi connectivity index (χ0v) is 11.8. The summed E-state index contributed by atoms with van der Waals surface area (Å²) in [5.74, 6) is -2.28. The van der Waals surface area contributed by atoms with Crippen LogP contribution >= 0.6 is 11.8 Å². The summed E-state index contributed by atoms with van der Waals surface area (Å²) in [6.45, 7) is -0.810. The summed E-state index contributed by atoms with van der Waals surface area (Å²) >= 11 is 1.39. The van der Waals surface area contributed by atoms with Crippen molar-refractivity contribution in [2.45, 2.75) is 10.9 Å². The third-order valence-electron chi connectivity index (χ3n) is 2.92. The van der Waals surface area contributed by atoms with Crippen LogP contribution in [0.25, 0.3) is 0 Å². The van der Waals surface area contributed by atoms with E-state index in [0.29, 0.717) is 11.4 Å². The van der Waals surface area contributed by atoms with Crippen molar-refractivity contribution in [2.75, 3.05) is 23.7 Å². The molecule has 1 amide bonds. The number of rotatable bonds is 5. The van der Waals surface area contributed by atoms with Crippen LogP contribution in [0.1, 0.15) is 0 Å². The van der Waals surface area contributed by atoms with Gasteiger partial charge < -0.3 is 10.2 Å². The quantitative estimate of drug-likeness (QED) is 0.715. The van der Waals surface area contributed by atoms with Crippen molar-refractivity contribution in [3.8, 4) is 0 Å². The Bertz CT molecular complexity index is 577. The van der Waals surface area contributed by atoms with E-state index in [2.05, 4.69) is 5.32 Å². The van der Waals surface area contributed by atoms with E-state index < -0.39 is 30.4 Å². The van der Waals surface area contributed by atoms with Gasteiger partial charge in [0.2, 0.25) is 5.91 Å². The average molecular weight is 310 g/mol. The Balaban J connectivity index is 2.28. The maximum absolute atomic E-state index is 12.5. The zero-order valence-electron chi connectivity index (χ0n) is 11.0. The minimum atomic E-state index is -1.12. The molecule has 0 radical (unpaired) electrons. The number of carboxylic acid groups (broad SMARTS) is 2. The molecular formula is C13H14N2O5S. The number of carbonyl (C=O) groups is 3. The van der Waals surface area contributed by atoms with E-state index in [0.717, 1.165) is 4.90 Å². The number of nitrogens with one attached hydrogen (secondary N) is 1. The van der Waals surface area contributed by atoms with E-state index in [9.17, 15) is 14.4 Å². The van der Waals surface area contributed by atoms with Crippen LogP contribution in [0.2, 0.25) is 0 Å². The number of nitrogens with zero attached hydrogens (tertiary/aromatic N) is 1. The predicted molar refractivity (Wildman–Crippen MR) is 76.6 cm³/mol. The average Bonchev–Trinajstić information content (AvgIpc) is 2.55. The SMILES string of the molecule is O=C(O)CN[C@H]1CSc2ccccc2N(CC(=O)O)C1=O. The molecule has 8 heteroatoms. The Morgan fingerprint density at radius 1 is 1.29 bits per heavy atom. The van der Waals surface area contributed by atoms with E-state index in [4.69, 9.17) is 10.2 Å². The number of hydrogen-bond acceptors (Lipinski definition) is 5. The summed E-state index contributed by atoms with van der Waals surface area (Å²) in [7, 11) is 0. The number of carboxylic acids is 2. The number of benzene rings is 1. The molecule has 1 heterocycles. The Labute approximate surface area is 124 Å². The molecule has 1 aromatic rings. The van der Waals surface area contributed by atoms with Gasteiger partial charge in [-0.2, -0.15) is 0 Å². The van der Waals surface area contributed by atoms with E-state index in [1.807, 2.05) is 6.07 Å². The number of carbonyl (C=O) groups excluding carboxylic acids is 1. The van der Waals surface area contributed by atoms with Gasteiger partial charge in [0.1, 0.15) is 6.54 Å². The van der Waals surface area contributed by atoms with Crippen molar-refractivity contribution in [3.63, 3.8) is 0 Å². The summed E-state index contributed by atoms with van der Waals surface area (Å²) in [4.78, 5) is 36.0. The number of aliphatic carboxylic acids is 2. The lowest BCUT2D eigenvalue weighted by Gasteiger charge is -2.23. The minimum absolute atomic E-state index is 0.346. The molecule has 21 heavy (non-hydrogen) atoms. The van der Waals surface area contributed by atoms with Crippen molar-refractivity contribution in [2.24, 2.45) is 0 Å². The number of anilines is 1. The summed E-state index contributed by atoms with van der Waals surface area (Å²) in [6, 6.07) is 6.29. The molecule has 3 N–H and O–H groups in total. The minimum Gasteiger partial charge on any atom is -0.480 e. The fraction of sp³-hybridized carbons (Fsp3) is 0.308. The highest BCUT2D eigenvalue weighted by Crippen LogP contribution is 2.33. The lowest BCUT2D eigenvalue weighted by molar-refractivity contribution is -0.138. The number of hydrogen-bond donors (Lipinski definition) is 3. The lowest BCUT2D eigenvalue weighted by atomic mass is 10.2. The molecule has 0 saturated heterocycles. The molecule has 2 rings (SSSR count). The molecule has 0 bridgehead atoms. The highest BCUT2D eigenvalue weighted by Gasteiger charge is 2.31. The molecule has 1 aliphatic heterocycles. The largest absolute Gasteiger partial charge is 0.480 e. The van der Waals surface area contributed by atoms with Gasteiger partial charge in [0.15, 0.2) is 0 Å². The fourth-order valence-corrected chi connectivity index (χ4v) is 3.12. The van der Waals surface area contributed by atoms with Gasteiger partial charge in [0.05, 0.1) is 18.3 Å². The molecule has 0 saturated carbocycles. The third-order valence-corrected chi connectivity index (χ3v) is 4.07. The van der Waals surface area contributed by atoms with Gasteiger partial charge in [0, 0.05) is 10.6 Å². The van der Waals surface area contributed by atoms with Gasteiger partial charge in [-0.05, 0) is 12.1 Å². The Hall–Kier alpha value is -2.06.